The van der Waals surface area contributed by atoms with Gasteiger partial charge in [0.05, 0.1) is 12.1 Å². The molecular weight excluding hydrogens is 247 g/mol. The van der Waals surface area contributed by atoms with E-state index in [1.165, 1.54) is 6.07 Å². The van der Waals surface area contributed by atoms with Gasteiger partial charge < -0.3 is 5.32 Å². The lowest BCUT2D eigenvalue weighted by Gasteiger charge is -2.23. The summed E-state index contributed by atoms with van der Waals surface area (Å²) in [4.78, 5) is 4.66. The first kappa shape index (κ1) is 13.4. The minimum Gasteiger partial charge on any atom is -0.358 e. The Hall–Kier alpha value is -1.03. The van der Waals surface area contributed by atoms with Gasteiger partial charge >= 0.3 is 0 Å². The van der Waals surface area contributed by atoms with Crippen molar-refractivity contribution < 1.29 is 4.39 Å². The molecule has 1 aromatic carbocycles. The average molecular weight is 266 g/mol. The smallest absolute Gasteiger partial charge is 0.157 e. The molecule has 2 nitrogen and oxygen atoms in total. The lowest BCUT2D eigenvalue weighted by Crippen LogP contribution is -2.29. The SMILES string of the molecule is CCC1CCSC(NC(C)c2cccc(F)c2)=N1. The third kappa shape index (κ3) is 3.48. The number of hydrogen-bond acceptors (Lipinski definition) is 3. The molecule has 2 atom stereocenters. The second-order valence-corrected chi connectivity index (χ2v) is 5.64. The largest absolute Gasteiger partial charge is 0.358 e. The standard InChI is InChI=1S/C14H19FN2S/c1-3-13-7-8-18-14(17-13)16-10(2)11-5-4-6-12(15)9-11/h4-6,9-10,13H,3,7-8H2,1-2H3,(H,16,17). The summed E-state index contributed by atoms with van der Waals surface area (Å²) in [6.45, 7) is 4.20. The molecule has 1 N–H and O–H groups in total. The van der Waals surface area contributed by atoms with Gasteiger partial charge in [-0.15, -0.1) is 0 Å². The molecule has 0 spiro atoms. The summed E-state index contributed by atoms with van der Waals surface area (Å²) < 4.78 is 13.2. The summed E-state index contributed by atoms with van der Waals surface area (Å²) in [7, 11) is 0. The van der Waals surface area contributed by atoms with Crippen molar-refractivity contribution >= 4 is 16.9 Å². The van der Waals surface area contributed by atoms with Gasteiger partial charge in [-0.3, -0.25) is 4.99 Å². The molecule has 0 saturated heterocycles. The highest BCUT2D eigenvalue weighted by Gasteiger charge is 2.16. The first-order valence-electron chi connectivity index (χ1n) is 6.41. The van der Waals surface area contributed by atoms with Crippen molar-refractivity contribution in [3.63, 3.8) is 0 Å². The van der Waals surface area contributed by atoms with Crippen molar-refractivity contribution in [2.24, 2.45) is 4.99 Å². The molecular formula is C14H19FN2S. The molecule has 0 saturated carbocycles. The van der Waals surface area contributed by atoms with Gasteiger partial charge in [-0.05, 0) is 37.5 Å². The van der Waals surface area contributed by atoms with Crippen LogP contribution in [0.1, 0.15) is 38.3 Å². The third-order valence-electron chi connectivity index (χ3n) is 3.15. The van der Waals surface area contributed by atoms with Gasteiger partial charge in [0.15, 0.2) is 5.17 Å². The molecule has 4 heteroatoms. The van der Waals surface area contributed by atoms with E-state index in [4.69, 9.17) is 0 Å². The lowest BCUT2D eigenvalue weighted by atomic mass is 10.1. The monoisotopic (exact) mass is 266 g/mol. The number of nitrogens with one attached hydrogen (secondary N) is 1. The summed E-state index contributed by atoms with van der Waals surface area (Å²) in [6.07, 6.45) is 2.24. The predicted molar refractivity (Wildman–Crippen MR) is 76.5 cm³/mol. The number of amidine groups is 1. The predicted octanol–water partition coefficient (Wildman–Crippen LogP) is 3.75. The van der Waals surface area contributed by atoms with Gasteiger partial charge in [0, 0.05) is 5.75 Å². The van der Waals surface area contributed by atoms with Crippen LogP contribution >= 0.6 is 11.8 Å². The van der Waals surface area contributed by atoms with Crippen molar-refractivity contribution in [1.82, 2.24) is 5.32 Å². The third-order valence-corrected chi connectivity index (χ3v) is 4.09. The fraction of sp³-hybridized carbons (Fsp3) is 0.500. The number of benzene rings is 1. The highest BCUT2D eigenvalue weighted by Crippen LogP contribution is 2.21. The molecule has 0 bridgehead atoms. The van der Waals surface area contributed by atoms with Crippen molar-refractivity contribution in [3.8, 4) is 0 Å². The van der Waals surface area contributed by atoms with Crippen LogP contribution in [0.2, 0.25) is 0 Å². The maximum absolute atomic E-state index is 13.2. The molecule has 0 aliphatic carbocycles. The van der Waals surface area contributed by atoms with Crippen LogP contribution < -0.4 is 5.32 Å². The van der Waals surface area contributed by atoms with E-state index in [0.717, 1.165) is 29.3 Å². The Balaban J connectivity index is 2.03. The minimum atomic E-state index is -0.189. The van der Waals surface area contributed by atoms with E-state index in [2.05, 4.69) is 17.2 Å². The van der Waals surface area contributed by atoms with E-state index in [0.29, 0.717) is 6.04 Å². The van der Waals surface area contributed by atoms with Gasteiger partial charge in [0.25, 0.3) is 0 Å². The molecule has 2 rings (SSSR count). The zero-order valence-corrected chi connectivity index (χ0v) is 11.6. The van der Waals surface area contributed by atoms with Crippen molar-refractivity contribution in [3.05, 3.63) is 35.6 Å². The highest BCUT2D eigenvalue weighted by atomic mass is 32.2. The summed E-state index contributed by atoms with van der Waals surface area (Å²) in [5, 5.41) is 4.36. The fourth-order valence-corrected chi connectivity index (χ4v) is 3.05. The summed E-state index contributed by atoms with van der Waals surface area (Å²) >= 11 is 1.75. The van der Waals surface area contributed by atoms with Crippen LogP contribution in [0.3, 0.4) is 0 Å². The quantitative estimate of drug-likeness (QED) is 0.901. The summed E-state index contributed by atoms with van der Waals surface area (Å²) in [6, 6.07) is 7.25. The molecule has 0 radical (unpaired) electrons. The molecule has 1 aromatic rings. The van der Waals surface area contributed by atoms with Crippen molar-refractivity contribution in [2.75, 3.05) is 5.75 Å². The molecule has 0 amide bonds. The number of thioether (sulfide) groups is 1. The van der Waals surface area contributed by atoms with E-state index >= 15 is 0 Å². The van der Waals surface area contributed by atoms with E-state index in [-0.39, 0.29) is 11.9 Å². The molecule has 0 fully saturated rings. The zero-order chi connectivity index (χ0) is 13.0. The summed E-state index contributed by atoms with van der Waals surface area (Å²) in [5.74, 6) is 0.922. The van der Waals surface area contributed by atoms with Crippen molar-refractivity contribution in [1.29, 1.82) is 0 Å². The van der Waals surface area contributed by atoms with Crippen LogP contribution in [-0.2, 0) is 0 Å². The molecule has 1 heterocycles. The molecule has 2 unspecified atom stereocenters. The van der Waals surface area contributed by atoms with Gasteiger partial charge in [-0.2, -0.15) is 0 Å². The van der Waals surface area contributed by atoms with E-state index in [1.807, 2.05) is 13.0 Å². The van der Waals surface area contributed by atoms with Crippen LogP contribution in [0.4, 0.5) is 4.39 Å². The van der Waals surface area contributed by atoms with Gasteiger partial charge in [-0.25, -0.2) is 4.39 Å². The molecule has 1 aliphatic rings. The number of halogens is 1. The van der Waals surface area contributed by atoms with Crippen LogP contribution in [0.25, 0.3) is 0 Å². The van der Waals surface area contributed by atoms with E-state index in [1.54, 1.807) is 23.9 Å². The second kappa shape index (κ2) is 6.23. The Labute approximate surface area is 112 Å². The molecule has 0 aromatic heterocycles. The normalized spacial score (nSPS) is 21.3. The molecule has 18 heavy (non-hydrogen) atoms. The Kier molecular flexibility index (Phi) is 4.64. The Morgan fingerprint density at radius 3 is 3.11 bits per heavy atom. The fourth-order valence-electron chi connectivity index (χ4n) is 1.98. The lowest BCUT2D eigenvalue weighted by molar-refractivity contribution is 0.611. The Bertz CT molecular complexity index is 434. The number of rotatable bonds is 3. The van der Waals surface area contributed by atoms with E-state index < -0.39 is 0 Å². The van der Waals surface area contributed by atoms with Gasteiger partial charge in [0.2, 0.25) is 0 Å². The van der Waals surface area contributed by atoms with Gasteiger partial charge in [0.1, 0.15) is 5.82 Å². The Morgan fingerprint density at radius 1 is 1.56 bits per heavy atom. The highest BCUT2D eigenvalue weighted by molar-refractivity contribution is 8.13. The second-order valence-electron chi connectivity index (χ2n) is 4.55. The molecule has 98 valence electrons. The maximum Gasteiger partial charge on any atom is 0.157 e. The number of nitrogens with zero attached hydrogens (tertiary/aromatic N) is 1. The minimum absolute atomic E-state index is 0.0857. The topological polar surface area (TPSA) is 24.4 Å². The average Bonchev–Trinajstić information content (AvgIpc) is 2.39. The van der Waals surface area contributed by atoms with Crippen LogP contribution in [0.15, 0.2) is 29.3 Å². The van der Waals surface area contributed by atoms with Crippen LogP contribution in [0, 0.1) is 5.82 Å². The zero-order valence-electron chi connectivity index (χ0n) is 10.8. The first-order valence-corrected chi connectivity index (χ1v) is 7.40. The van der Waals surface area contributed by atoms with Crippen molar-refractivity contribution in [2.45, 2.75) is 38.8 Å². The van der Waals surface area contributed by atoms with Crippen LogP contribution in [-0.4, -0.2) is 17.0 Å². The Morgan fingerprint density at radius 2 is 2.39 bits per heavy atom. The number of hydrogen-bond donors (Lipinski definition) is 1. The molecule has 1 aliphatic heterocycles. The maximum atomic E-state index is 13.2. The van der Waals surface area contributed by atoms with Crippen LogP contribution in [0.5, 0.6) is 0 Å². The number of aliphatic imine (C=N–C) groups is 1. The van der Waals surface area contributed by atoms with Gasteiger partial charge in [-0.1, -0.05) is 30.8 Å². The summed E-state index contributed by atoms with van der Waals surface area (Å²) in [5.41, 5.74) is 0.955. The first-order chi connectivity index (χ1) is 8.69. The van der Waals surface area contributed by atoms with E-state index in [9.17, 15) is 4.39 Å².